The highest BCUT2D eigenvalue weighted by Gasteiger charge is 2.14. The highest BCUT2D eigenvalue weighted by Crippen LogP contribution is 2.39. The van der Waals surface area contributed by atoms with Gasteiger partial charge in [0, 0.05) is 5.56 Å². The molecule has 0 fully saturated rings. The van der Waals surface area contributed by atoms with E-state index in [-0.39, 0.29) is 5.71 Å². The van der Waals surface area contributed by atoms with Crippen LogP contribution in [0.2, 0.25) is 5.02 Å². The van der Waals surface area contributed by atoms with Crippen molar-refractivity contribution in [1.82, 2.24) is 0 Å². The largest absolute Gasteiger partial charge is 0.419 e. The number of rotatable bonds is 7. The molecule has 19 heavy (non-hydrogen) atoms. The van der Waals surface area contributed by atoms with E-state index in [0.717, 1.165) is 0 Å². The lowest BCUT2D eigenvalue weighted by atomic mass is 10.1. The van der Waals surface area contributed by atoms with Gasteiger partial charge in [-0.15, -0.1) is 0 Å². The molecule has 0 atom stereocenters. The number of nitrogens with zero attached hydrogens (tertiary/aromatic N) is 2. The predicted octanol–water partition coefficient (Wildman–Crippen LogP) is 3.88. The zero-order valence-corrected chi connectivity index (χ0v) is 12.3. The van der Waals surface area contributed by atoms with E-state index in [1.807, 2.05) is 19.9 Å². The summed E-state index contributed by atoms with van der Waals surface area (Å²) in [6.07, 6.45) is 0. The maximum absolute atomic E-state index is 9.08. The van der Waals surface area contributed by atoms with Gasteiger partial charge in [-0.2, -0.15) is 5.26 Å². The zero-order chi connectivity index (χ0) is 14.1. The summed E-state index contributed by atoms with van der Waals surface area (Å²) in [5.74, 6) is 0. The summed E-state index contributed by atoms with van der Waals surface area (Å²) in [5.41, 5.74) is 0.590. The molecule has 0 aromatic heterocycles. The van der Waals surface area contributed by atoms with E-state index in [1.54, 1.807) is 24.3 Å². The van der Waals surface area contributed by atoms with Crippen molar-refractivity contribution in [2.24, 2.45) is 5.16 Å². The van der Waals surface area contributed by atoms with Crippen LogP contribution in [0.1, 0.15) is 19.4 Å². The second-order valence-corrected chi connectivity index (χ2v) is 4.71. The van der Waals surface area contributed by atoms with Gasteiger partial charge in [-0.05, 0) is 19.9 Å². The van der Waals surface area contributed by atoms with Crippen LogP contribution in [-0.4, -0.2) is 18.9 Å². The van der Waals surface area contributed by atoms with E-state index in [4.69, 9.17) is 30.5 Å². The van der Waals surface area contributed by atoms with E-state index < -0.39 is 8.60 Å². The first-order chi connectivity index (χ1) is 9.22. The Bertz CT molecular complexity index is 470. The number of nitriles is 1. The van der Waals surface area contributed by atoms with E-state index in [2.05, 4.69) is 5.16 Å². The summed E-state index contributed by atoms with van der Waals surface area (Å²) in [7, 11) is -1.58. The van der Waals surface area contributed by atoms with Gasteiger partial charge in [0.1, 0.15) is 6.07 Å². The van der Waals surface area contributed by atoms with Crippen molar-refractivity contribution in [1.29, 1.82) is 5.26 Å². The van der Waals surface area contributed by atoms with Gasteiger partial charge in [0.15, 0.2) is 5.71 Å². The number of hydrogen-bond acceptors (Lipinski definition) is 5. The van der Waals surface area contributed by atoms with Crippen molar-refractivity contribution in [2.45, 2.75) is 13.8 Å². The maximum Gasteiger partial charge on any atom is 0.419 e. The molecule has 0 amide bonds. The van der Waals surface area contributed by atoms with Crippen molar-refractivity contribution >= 4 is 25.9 Å². The van der Waals surface area contributed by atoms with Crippen LogP contribution in [0.4, 0.5) is 0 Å². The second-order valence-electron chi connectivity index (χ2n) is 3.17. The fraction of sp³-hybridized carbons (Fsp3) is 0.333. The quantitative estimate of drug-likeness (QED) is 0.435. The zero-order valence-electron chi connectivity index (χ0n) is 10.7. The molecule has 0 radical (unpaired) electrons. The van der Waals surface area contributed by atoms with Crippen LogP contribution in [0.15, 0.2) is 29.4 Å². The Morgan fingerprint density at radius 2 is 1.95 bits per heavy atom. The molecular formula is C12H14ClN2O3P. The summed E-state index contributed by atoms with van der Waals surface area (Å²) in [4.78, 5) is 0. The molecule has 102 valence electrons. The molecule has 0 saturated heterocycles. The molecule has 0 aliphatic rings. The van der Waals surface area contributed by atoms with Crippen LogP contribution in [-0.2, 0) is 13.7 Å². The van der Waals surface area contributed by atoms with Gasteiger partial charge in [-0.1, -0.05) is 35.0 Å². The molecule has 0 heterocycles. The minimum absolute atomic E-state index is 0.0810. The molecule has 0 aliphatic heterocycles. The van der Waals surface area contributed by atoms with Crippen molar-refractivity contribution in [3.8, 4) is 6.07 Å². The molecule has 1 aromatic carbocycles. The first-order valence-electron chi connectivity index (χ1n) is 5.69. The average Bonchev–Trinajstić information content (AvgIpc) is 2.41. The lowest BCUT2D eigenvalue weighted by molar-refractivity contribution is 0.175. The van der Waals surface area contributed by atoms with Gasteiger partial charge in [0.25, 0.3) is 0 Å². The molecule has 0 N–H and O–H groups in total. The molecular weight excluding hydrogens is 287 g/mol. The Labute approximate surface area is 118 Å². The number of benzene rings is 1. The summed E-state index contributed by atoms with van der Waals surface area (Å²) < 4.78 is 15.5. The highest BCUT2D eigenvalue weighted by atomic mass is 35.5. The van der Waals surface area contributed by atoms with E-state index >= 15 is 0 Å². The molecule has 5 nitrogen and oxygen atoms in total. The number of halogens is 1. The summed E-state index contributed by atoms with van der Waals surface area (Å²) in [5, 5.41) is 13.3. The molecule has 0 spiro atoms. The van der Waals surface area contributed by atoms with Crippen LogP contribution in [0.5, 0.6) is 0 Å². The molecule has 0 bridgehead atoms. The summed E-state index contributed by atoms with van der Waals surface area (Å²) in [6.45, 7) is 4.52. The Hall–Kier alpha value is -1.18. The van der Waals surface area contributed by atoms with Gasteiger partial charge in [-0.3, -0.25) is 0 Å². The SMILES string of the molecule is CCOP(OCC)ON=C(C#N)c1ccccc1Cl. The Morgan fingerprint density at radius 3 is 2.47 bits per heavy atom. The Balaban J connectivity index is 2.82. The van der Waals surface area contributed by atoms with Gasteiger partial charge in [-0.25, -0.2) is 0 Å². The summed E-state index contributed by atoms with van der Waals surface area (Å²) >= 11 is 5.99. The fourth-order valence-corrected chi connectivity index (χ4v) is 2.12. The molecule has 1 rings (SSSR count). The van der Waals surface area contributed by atoms with E-state index in [1.165, 1.54) is 0 Å². The first-order valence-corrected chi connectivity index (χ1v) is 7.16. The van der Waals surface area contributed by atoms with Gasteiger partial charge >= 0.3 is 8.60 Å². The van der Waals surface area contributed by atoms with Crippen LogP contribution < -0.4 is 0 Å². The molecule has 1 aromatic rings. The Morgan fingerprint density at radius 1 is 1.32 bits per heavy atom. The van der Waals surface area contributed by atoms with Crippen molar-refractivity contribution in [3.63, 3.8) is 0 Å². The van der Waals surface area contributed by atoms with Gasteiger partial charge in [0.05, 0.1) is 18.2 Å². The smallest absolute Gasteiger partial charge is 0.315 e. The van der Waals surface area contributed by atoms with Crippen molar-refractivity contribution in [2.75, 3.05) is 13.2 Å². The lowest BCUT2D eigenvalue weighted by Crippen LogP contribution is -2.00. The fourth-order valence-electron chi connectivity index (χ4n) is 1.15. The highest BCUT2D eigenvalue weighted by molar-refractivity contribution is 7.41. The number of hydrogen-bond donors (Lipinski definition) is 0. The first kappa shape index (κ1) is 15.9. The normalized spacial score (nSPS) is 11.4. The van der Waals surface area contributed by atoms with E-state index in [0.29, 0.717) is 23.8 Å². The molecule has 7 heteroatoms. The lowest BCUT2D eigenvalue weighted by Gasteiger charge is -2.11. The molecule has 0 unspecified atom stereocenters. The van der Waals surface area contributed by atoms with Crippen LogP contribution in [0.3, 0.4) is 0 Å². The third kappa shape index (κ3) is 5.14. The second kappa shape index (κ2) is 8.84. The topological polar surface area (TPSA) is 63.8 Å². The maximum atomic E-state index is 9.08. The van der Waals surface area contributed by atoms with Crippen LogP contribution in [0.25, 0.3) is 0 Å². The average molecular weight is 301 g/mol. The van der Waals surface area contributed by atoms with Crippen LogP contribution >= 0.6 is 20.2 Å². The van der Waals surface area contributed by atoms with Crippen molar-refractivity contribution < 1.29 is 13.7 Å². The standard InChI is InChI=1S/C12H14ClN2O3P/c1-3-16-19(17-4-2)18-15-12(9-14)10-7-5-6-8-11(10)13/h5-8H,3-4H2,1-2H3. The van der Waals surface area contributed by atoms with Gasteiger partial charge < -0.3 is 13.7 Å². The molecule has 0 aliphatic carbocycles. The third-order valence-corrected chi connectivity index (χ3v) is 3.39. The van der Waals surface area contributed by atoms with Crippen LogP contribution in [0, 0.1) is 11.3 Å². The minimum Gasteiger partial charge on any atom is -0.315 e. The predicted molar refractivity (Wildman–Crippen MR) is 74.9 cm³/mol. The third-order valence-electron chi connectivity index (χ3n) is 1.90. The number of oxime groups is 1. The molecule has 0 saturated carbocycles. The summed E-state index contributed by atoms with van der Waals surface area (Å²) in [6, 6.07) is 8.85. The minimum atomic E-state index is -1.58. The monoisotopic (exact) mass is 300 g/mol. The Kier molecular flexibility index (Phi) is 7.39. The van der Waals surface area contributed by atoms with Gasteiger partial charge in [0.2, 0.25) is 0 Å². The van der Waals surface area contributed by atoms with E-state index in [9.17, 15) is 0 Å². The van der Waals surface area contributed by atoms with Crippen molar-refractivity contribution in [3.05, 3.63) is 34.9 Å².